The number of aromatic nitrogens is 1. The van der Waals surface area contributed by atoms with Crippen molar-refractivity contribution in [2.45, 2.75) is 27.7 Å². The first-order valence-electron chi connectivity index (χ1n) is 6.45. The van der Waals surface area contributed by atoms with E-state index in [9.17, 15) is 14.3 Å². The molecule has 0 atom stereocenters. The van der Waals surface area contributed by atoms with Gasteiger partial charge in [-0.05, 0) is 17.9 Å². The fourth-order valence-electron chi connectivity index (χ4n) is 1.97. The molecule has 5 heteroatoms. The lowest BCUT2D eigenvalue weighted by atomic mass is 10.1. The van der Waals surface area contributed by atoms with E-state index >= 15 is 0 Å². The minimum absolute atomic E-state index is 0.0821. The van der Waals surface area contributed by atoms with E-state index in [0.29, 0.717) is 30.7 Å². The number of carboxylic acid groups (broad SMARTS) is 1. The maximum absolute atomic E-state index is 13.2. The van der Waals surface area contributed by atoms with Crippen LogP contribution in [0.2, 0.25) is 0 Å². The maximum Gasteiger partial charge on any atom is 0.339 e. The number of hydrogen-bond acceptors (Lipinski definition) is 3. The van der Waals surface area contributed by atoms with Crippen molar-refractivity contribution in [3.63, 3.8) is 0 Å². The number of rotatable bonds is 6. The van der Waals surface area contributed by atoms with Gasteiger partial charge in [-0.1, -0.05) is 27.7 Å². The molecule has 1 aromatic heterocycles. The maximum atomic E-state index is 13.2. The summed E-state index contributed by atoms with van der Waals surface area (Å²) in [5, 5.41) is 9.17. The predicted molar refractivity (Wildman–Crippen MR) is 73.0 cm³/mol. The third-order valence-corrected chi connectivity index (χ3v) is 2.53. The molecule has 0 aliphatic heterocycles. The topological polar surface area (TPSA) is 53.4 Å². The van der Waals surface area contributed by atoms with Gasteiger partial charge in [0.2, 0.25) is 0 Å². The number of carbonyl (C=O) groups is 1. The molecule has 0 unspecified atom stereocenters. The van der Waals surface area contributed by atoms with Gasteiger partial charge in [0.1, 0.15) is 17.2 Å². The quantitative estimate of drug-likeness (QED) is 0.861. The van der Waals surface area contributed by atoms with Crippen LogP contribution in [0.4, 0.5) is 10.2 Å². The molecule has 4 nitrogen and oxygen atoms in total. The summed E-state index contributed by atoms with van der Waals surface area (Å²) in [4.78, 5) is 17.1. The molecule has 0 bridgehead atoms. The lowest BCUT2D eigenvalue weighted by Crippen LogP contribution is -2.33. The lowest BCUT2D eigenvalue weighted by molar-refractivity contribution is 0.0696. The Hall–Kier alpha value is -1.65. The Balaban J connectivity index is 3.16. The molecule has 0 saturated carbocycles. The van der Waals surface area contributed by atoms with Crippen LogP contribution in [0.5, 0.6) is 0 Å². The molecule has 0 amide bonds. The van der Waals surface area contributed by atoms with E-state index < -0.39 is 11.8 Å². The van der Waals surface area contributed by atoms with Crippen molar-refractivity contribution in [2.75, 3.05) is 18.0 Å². The Morgan fingerprint density at radius 3 is 2.26 bits per heavy atom. The van der Waals surface area contributed by atoms with Crippen LogP contribution in [0.25, 0.3) is 0 Å². The molecule has 106 valence electrons. The van der Waals surface area contributed by atoms with Gasteiger partial charge in [-0.15, -0.1) is 0 Å². The first-order valence-corrected chi connectivity index (χ1v) is 6.45. The van der Waals surface area contributed by atoms with E-state index in [1.807, 2.05) is 4.90 Å². The van der Waals surface area contributed by atoms with Crippen molar-refractivity contribution in [1.29, 1.82) is 0 Å². The molecule has 1 N–H and O–H groups in total. The smallest absolute Gasteiger partial charge is 0.339 e. The van der Waals surface area contributed by atoms with Crippen molar-refractivity contribution in [2.24, 2.45) is 11.8 Å². The second-order valence-electron chi connectivity index (χ2n) is 5.52. The average Bonchev–Trinajstić information content (AvgIpc) is 2.26. The van der Waals surface area contributed by atoms with Crippen molar-refractivity contribution in [3.8, 4) is 0 Å². The highest BCUT2D eigenvalue weighted by Crippen LogP contribution is 2.21. The van der Waals surface area contributed by atoms with E-state index in [4.69, 9.17) is 0 Å². The van der Waals surface area contributed by atoms with Gasteiger partial charge in [-0.25, -0.2) is 14.2 Å². The number of pyridine rings is 1. The Morgan fingerprint density at radius 1 is 1.32 bits per heavy atom. The number of anilines is 1. The third-order valence-electron chi connectivity index (χ3n) is 2.53. The van der Waals surface area contributed by atoms with Gasteiger partial charge >= 0.3 is 5.97 Å². The zero-order valence-corrected chi connectivity index (χ0v) is 11.9. The summed E-state index contributed by atoms with van der Waals surface area (Å²) >= 11 is 0. The van der Waals surface area contributed by atoms with E-state index in [2.05, 4.69) is 32.7 Å². The summed E-state index contributed by atoms with van der Waals surface area (Å²) in [7, 11) is 0. The SMILES string of the molecule is CC(C)CN(CC(C)C)c1ncc(F)cc1C(=O)O. The van der Waals surface area contributed by atoms with Crippen LogP contribution in [0.1, 0.15) is 38.1 Å². The largest absolute Gasteiger partial charge is 0.478 e. The summed E-state index contributed by atoms with van der Waals surface area (Å²) in [6.07, 6.45) is 1.06. The average molecular weight is 268 g/mol. The molecule has 0 spiro atoms. The van der Waals surface area contributed by atoms with Gasteiger partial charge < -0.3 is 10.0 Å². The lowest BCUT2D eigenvalue weighted by Gasteiger charge is -2.28. The van der Waals surface area contributed by atoms with Gasteiger partial charge in [0, 0.05) is 13.1 Å². The van der Waals surface area contributed by atoms with Crippen molar-refractivity contribution >= 4 is 11.8 Å². The zero-order valence-electron chi connectivity index (χ0n) is 11.9. The minimum atomic E-state index is -1.15. The van der Waals surface area contributed by atoms with Crippen LogP contribution in [-0.4, -0.2) is 29.1 Å². The first kappa shape index (κ1) is 15.4. The fraction of sp³-hybridized carbons (Fsp3) is 0.571. The monoisotopic (exact) mass is 268 g/mol. The fourth-order valence-corrected chi connectivity index (χ4v) is 1.97. The van der Waals surface area contributed by atoms with Gasteiger partial charge in [0.15, 0.2) is 0 Å². The molecule has 1 rings (SSSR count). The number of nitrogens with zero attached hydrogens (tertiary/aromatic N) is 2. The molecular formula is C14H21FN2O2. The minimum Gasteiger partial charge on any atom is -0.478 e. The van der Waals surface area contributed by atoms with Gasteiger partial charge in [0.25, 0.3) is 0 Å². The second kappa shape index (κ2) is 6.50. The van der Waals surface area contributed by atoms with Crippen LogP contribution in [0, 0.1) is 17.7 Å². The van der Waals surface area contributed by atoms with Crippen LogP contribution >= 0.6 is 0 Å². The van der Waals surface area contributed by atoms with Crippen LogP contribution in [-0.2, 0) is 0 Å². The normalized spacial score (nSPS) is 11.1. The second-order valence-corrected chi connectivity index (χ2v) is 5.52. The third kappa shape index (κ3) is 4.50. The Bertz CT molecular complexity index is 437. The number of halogens is 1. The molecule has 1 aromatic rings. The first-order chi connectivity index (χ1) is 8.81. The Morgan fingerprint density at radius 2 is 1.84 bits per heavy atom. The molecule has 0 radical (unpaired) electrons. The molecule has 0 aliphatic carbocycles. The standard InChI is InChI=1S/C14H21FN2O2/c1-9(2)7-17(8-10(3)4)13-12(14(18)19)5-11(15)6-16-13/h5-6,9-10H,7-8H2,1-4H3,(H,18,19). The number of aromatic carboxylic acids is 1. The summed E-state index contributed by atoms with van der Waals surface area (Å²) < 4.78 is 13.2. The van der Waals surface area contributed by atoms with E-state index in [-0.39, 0.29) is 5.56 Å². The van der Waals surface area contributed by atoms with Crippen molar-refractivity contribution in [1.82, 2.24) is 4.98 Å². The van der Waals surface area contributed by atoms with Crippen LogP contribution in [0.15, 0.2) is 12.3 Å². The zero-order chi connectivity index (χ0) is 14.6. The van der Waals surface area contributed by atoms with E-state index in [1.165, 1.54) is 0 Å². The molecular weight excluding hydrogens is 247 g/mol. The van der Waals surface area contributed by atoms with Gasteiger partial charge in [-0.2, -0.15) is 0 Å². The molecule has 0 aliphatic rings. The van der Waals surface area contributed by atoms with E-state index in [1.54, 1.807) is 0 Å². The summed E-state index contributed by atoms with van der Waals surface area (Å²) in [6.45, 7) is 9.59. The predicted octanol–water partition coefficient (Wildman–Crippen LogP) is 3.04. The van der Waals surface area contributed by atoms with Crippen LogP contribution in [0.3, 0.4) is 0 Å². The number of carboxylic acids is 1. The molecule has 0 aromatic carbocycles. The van der Waals surface area contributed by atoms with Gasteiger partial charge in [-0.3, -0.25) is 0 Å². The summed E-state index contributed by atoms with van der Waals surface area (Å²) in [6, 6.07) is 1.03. The molecule has 0 saturated heterocycles. The Kier molecular flexibility index (Phi) is 5.27. The molecule has 19 heavy (non-hydrogen) atoms. The summed E-state index contributed by atoms with van der Waals surface area (Å²) in [5.41, 5.74) is -0.0821. The van der Waals surface area contributed by atoms with Gasteiger partial charge in [0.05, 0.1) is 6.20 Å². The Labute approximate surface area is 113 Å². The van der Waals surface area contributed by atoms with Crippen LogP contribution < -0.4 is 4.90 Å². The summed E-state index contributed by atoms with van der Waals surface area (Å²) in [5.74, 6) is -0.703. The van der Waals surface area contributed by atoms with Crippen molar-refractivity contribution in [3.05, 3.63) is 23.6 Å². The molecule has 1 heterocycles. The van der Waals surface area contributed by atoms with Crippen molar-refractivity contribution < 1.29 is 14.3 Å². The number of hydrogen-bond donors (Lipinski definition) is 1. The highest BCUT2D eigenvalue weighted by atomic mass is 19.1. The van der Waals surface area contributed by atoms with E-state index in [0.717, 1.165) is 12.3 Å². The highest BCUT2D eigenvalue weighted by Gasteiger charge is 2.20. The molecule has 0 fully saturated rings. The highest BCUT2D eigenvalue weighted by molar-refractivity contribution is 5.93.